The van der Waals surface area contributed by atoms with Crippen molar-refractivity contribution < 1.29 is 34.5 Å². The number of aliphatic hydroxyl groups excluding tert-OH is 1. The van der Waals surface area contributed by atoms with Crippen LogP contribution >= 0.6 is 0 Å². The molecule has 1 rings (SSSR count). The minimum absolute atomic E-state index is 0.0708. The highest BCUT2D eigenvalue weighted by Gasteiger charge is 2.31. The number of hydrogen-bond donors (Lipinski definition) is 7. The lowest BCUT2D eigenvalue weighted by Crippen LogP contribution is -2.59. The highest BCUT2D eigenvalue weighted by atomic mass is 16.4. The molecule has 11 nitrogen and oxygen atoms in total. The van der Waals surface area contributed by atoms with Gasteiger partial charge in [0, 0.05) is 0 Å². The summed E-state index contributed by atoms with van der Waals surface area (Å²) < 4.78 is 0. The average molecular weight is 453 g/mol. The first kappa shape index (κ1) is 26.9. The van der Waals surface area contributed by atoms with Crippen LogP contribution in [0.15, 0.2) is 24.3 Å². The van der Waals surface area contributed by atoms with E-state index in [2.05, 4.69) is 16.0 Å². The molecule has 0 saturated carbocycles. The molecule has 0 spiro atoms. The normalized spacial score (nSPS) is 15.5. The molecule has 0 unspecified atom stereocenters. The molecular formula is C21H32N4O7. The summed E-state index contributed by atoms with van der Waals surface area (Å²) in [7, 11) is 0. The van der Waals surface area contributed by atoms with Crippen molar-refractivity contribution in [3.63, 3.8) is 0 Å². The SMILES string of the molecule is CC[C@H](C)[C@H](NC(=O)[C@H](CO)NC(=O)[C@@H](N)Cc1ccc(O)cc1)C(=O)N[C@@H](C)C(=O)O. The summed E-state index contributed by atoms with van der Waals surface area (Å²) >= 11 is 0. The average Bonchev–Trinajstić information content (AvgIpc) is 2.75. The summed E-state index contributed by atoms with van der Waals surface area (Å²) in [6.45, 7) is 4.06. The molecule has 32 heavy (non-hydrogen) atoms. The Labute approximate surface area is 186 Å². The Morgan fingerprint density at radius 2 is 1.56 bits per heavy atom. The number of benzene rings is 1. The standard InChI is InChI=1S/C21H32N4O7/c1-4-11(2)17(20(30)23-12(3)21(31)32)25-19(29)16(10-26)24-18(28)15(22)9-13-5-7-14(27)8-6-13/h5-8,11-12,15-17,26-27H,4,9-10,22H2,1-3H3,(H,23,30)(H,24,28)(H,25,29)(H,31,32)/t11-,12-,15-,16-,17-/m0/s1. The van der Waals surface area contributed by atoms with Crippen LogP contribution in [-0.4, -0.2) is 69.8 Å². The second kappa shape index (κ2) is 12.6. The Balaban J connectivity index is 2.79. The van der Waals surface area contributed by atoms with Crippen molar-refractivity contribution in [2.75, 3.05) is 6.61 Å². The third-order valence-corrected chi connectivity index (χ3v) is 5.07. The number of aromatic hydroxyl groups is 1. The molecule has 0 aromatic heterocycles. The number of carboxylic acid groups (broad SMARTS) is 1. The van der Waals surface area contributed by atoms with Crippen molar-refractivity contribution in [2.24, 2.45) is 11.7 Å². The summed E-state index contributed by atoms with van der Waals surface area (Å²) in [5.41, 5.74) is 6.58. The molecule has 0 radical (unpaired) electrons. The summed E-state index contributed by atoms with van der Waals surface area (Å²) in [5.74, 6) is -3.67. The molecule has 1 aromatic rings. The molecule has 1 aromatic carbocycles. The van der Waals surface area contributed by atoms with Gasteiger partial charge in [-0.3, -0.25) is 19.2 Å². The molecule has 0 saturated heterocycles. The lowest BCUT2D eigenvalue weighted by Gasteiger charge is -2.27. The first-order chi connectivity index (χ1) is 15.0. The van der Waals surface area contributed by atoms with Gasteiger partial charge in [-0.1, -0.05) is 32.4 Å². The van der Waals surface area contributed by atoms with E-state index < -0.39 is 54.5 Å². The molecule has 8 N–H and O–H groups in total. The van der Waals surface area contributed by atoms with Crippen LogP contribution in [-0.2, 0) is 25.6 Å². The van der Waals surface area contributed by atoms with Crippen molar-refractivity contribution in [1.29, 1.82) is 0 Å². The van der Waals surface area contributed by atoms with Gasteiger partial charge in [0.15, 0.2) is 0 Å². The molecule has 0 heterocycles. The van der Waals surface area contributed by atoms with Crippen LogP contribution < -0.4 is 21.7 Å². The Morgan fingerprint density at radius 1 is 0.969 bits per heavy atom. The predicted octanol–water partition coefficient (Wildman–Crippen LogP) is -1.14. The highest BCUT2D eigenvalue weighted by molar-refractivity contribution is 5.94. The Kier molecular flexibility index (Phi) is 10.6. The van der Waals surface area contributed by atoms with Crippen molar-refractivity contribution in [3.8, 4) is 5.75 Å². The number of carbonyl (C=O) groups excluding carboxylic acids is 3. The van der Waals surface area contributed by atoms with Crippen molar-refractivity contribution >= 4 is 23.7 Å². The van der Waals surface area contributed by atoms with Crippen LogP contribution in [0.5, 0.6) is 5.75 Å². The number of carbonyl (C=O) groups is 4. The van der Waals surface area contributed by atoms with E-state index in [4.69, 9.17) is 10.8 Å². The van der Waals surface area contributed by atoms with Crippen molar-refractivity contribution in [1.82, 2.24) is 16.0 Å². The zero-order chi connectivity index (χ0) is 24.4. The Hall–Kier alpha value is -3.18. The fourth-order valence-corrected chi connectivity index (χ4v) is 2.77. The monoisotopic (exact) mass is 452 g/mol. The number of aliphatic carboxylic acids is 1. The summed E-state index contributed by atoms with van der Waals surface area (Å²) in [5, 5.41) is 35.0. The Morgan fingerprint density at radius 3 is 2.06 bits per heavy atom. The van der Waals surface area contributed by atoms with Gasteiger partial charge in [-0.2, -0.15) is 0 Å². The smallest absolute Gasteiger partial charge is 0.325 e. The molecule has 5 atom stereocenters. The van der Waals surface area contributed by atoms with Gasteiger partial charge in [-0.05, 0) is 37.0 Å². The van der Waals surface area contributed by atoms with Crippen molar-refractivity contribution in [3.05, 3.63) is 29.8 Å². The minimum atomic E-state index is -1.36. The second-order valence-corrected chi connectivity index (χ2v) is 7.66. The maximum atomic E-state index is 12.6. The largest absolute Gasteiger partial charge is 0.508 e. The predicted molar refractivity (Wildman–Crippen MR) is 115 cm³/mol. The van der Waals surface area contributed by atoms with E-state index in [0.29, 0.717) is 12.0 Å². The molecule has 0 aliphatic heterocycles. The fourth-order valence-electron chi connectivity index (χ4n) is 2.77. The van der Waals surface area contributed by atoms with Crippen LogP contribution in [0.4, 0.5) is 0 Å². The van der Waals surface area contributed by atoms with Gasteiger partial charge in [-0.25, -0.2) is 0 Å². The van der Waals surface area contributed by atoms with E-state index in [-0.39, 0.29) is 18.1 Å². The number of carboxylic acids is 1. The number of phenols is 1. The van der Waals surface area contributed by atoms with Crippen LogP contribution in [0, 0.1) is 5.92 Å². The van der Waals surface area contributed by atoms with Gasteiger partial charge in [0.1, 0.15) is 23.9 Å². The van der Waals surface area contributed by atoms with Gasteiger partial charge in [0.25, 0.3) is 0 Å². The van der Waals surface area contributed by atoms with Gasteiger partial charge in [0.05, 0.1) is 12.6 Å². The quantitative estimate of drug-likeness (QED) is 0.207. The van der Waals surface area contributed by atoms with E-state index in [0.717, 1.165) is 0 Å². The number of nitrogens with one attached hydrogen (secondary N) is 3. The zero-order valence-electron chi connectivity index (χ0n) is 18.4. The summed E-state index contributed by atoms with van der Waals surface area (Å²) in [6, 6.07) is 1.52. The molecule has 0 fully saturated rings. The third-order valence-electron chi connectivity index (χ3n) is 5.07. The number of phenolic OH excluding ortho intramolecular Hbond substituents is 1. The number of rotatable bonds is 12. The molecular weight excluding hydrogens is 420 g/mol. The number of amides is 3. The number of hydrogen-bond acceptors (Lipinski definition) is 7. The third kappa shape index (κ3) is 8.16. The van der Waals surface area contributed by atoms with Gasteiger partial charge in [0.2, 0.25) is 17.7 Å². The highest BCUT2D eigenvalue weighted by Crippen LogP contribution is 2.11. The lowest BCUT2D eigenvalue weighted by atomic mass is 9.97. The molecule has 11 heteroatoms. The summed E-state index contributed by atoms with van der Waals surface area (Å²) in [6.07, 6.45) is 0.643. The molecule has 0 aliphatic rings. The number of nitrogens with two attached hydrogens (primary N) is 1. The molecule has 178 valence electrons. The van der Waals surface area contributed by atoms with E-state index in [9.17, 15) is 29.4 Å². The van der Waals surface area contributed by atoms with Gasteiger partial charge in [-0.15, -0.1) is 0 Å². The van der Waals surface area contributed by atoms with Crippen molar-refractivity contribution in [2.45, 2.75) is 57.8 Å². The van der Waals surface area contributed by atoms with E-state index in [1.807, 2.05) is 0 Å². The zero-order valence-corrected chi connectivity index (χ0v) is 18.4. The molecule has 0 bridgehead atoms. The van der Waals surface area contributed by atoms with Crippen LogP contribution in [0.1, 0.15) is 32.8 Å². The first-order valence-corrected chi connectivity index (χ1v) is 10.3. The number of aliphatic hydroxyl groups is 1. The lowest BCUT2D eigenvalue weighted by molar-refractivity contribution is -0.142. The van der Waals surface area contributed by atoms with Crippen LogP contribution in [0.2, 0.25) is 0 Å². The van der Waals surface area contributed by atoms with E-state index in [1.54, 1.807) is 26.0 Å². The Bertz CT molecular complexity index is 800. The van der Waals surface area contributed by atoms with Crippen LogP contribution in [0.3, 0.4) is 0 Å². The topological polar surface area (TPSA) is 191 Å². The fraction of sp³-hybridized carbons (Fsp3) is 0.524. The second-order valence-electron chi connectivity index (χ2n) is 7.66. The first-order valence-electron chi connectivity index (χ1n) is 10.3. The van der Waals surface area contributed by atoms with Gasteiger partial charge >= 0.3 is 5.97 Å². The van der Waals surface area contributed by atoms with Crippen LogP contribution in [0.25, 0.3) is 0 Å². The minimum Gasteiger partial charge on any atom is -0.508 e. The van der Waals surface area contributed by atoms with E-state index in [1.165, 1.54) is 19.1 Å². The summed E-state index contributed by atoms with van der Waals surface area (Å²) in [4.78, 5) is 48.5. The van der Waals surface area contributed by atoms with E-state index >= 15 is 0 Å². The maximum Gasteiger partial charge on any atom is 0.325 e. The molecule has 3 amide bonds. The molecule has 0 aliphatic carbocycles. The maximum absolute atomic E-state index is 12.6. The van der Waals surface area contributed by atoms with Gasteiger partial charge < -0.3 is 37.0 Å².